The van der Waals surface area contributed by atoms with Crippen molar-refractivity contribution in [2.24, 2.45) is 0 Å². The van der Waals surface area contributed by atoms with Crippen molar-refractivity contribution in [3.8, 4) is 5.75 Å². The highest BCUT2D eigenvalue weighted by molar-refractivity contribution is 6.01. The minimum Gasteiger partial charge on any atom is -0.481 e. The molecule has 1 aromatic rings. The van der Waals surface area contributed by atoms with E-state index in [0.717, 1.165) is 0 Å². The Labute approximate surface area is 114 Å². The third-order valence-electron chi connectivity index (χ3n) is 2.69. The molecule has 106 valence electrons. The van der Waals surface area contributed by atoms with Crippen LogP contribution >= 0.6 is 0 Å². The smallest absolute Gasteiger partial charge is 0.326 e. The van der Waals surface area contributed by atoms with Gasteiger partial charge in [0.2, 0.25) is 0 Å². The molecule has 0 aromatic heterocycles. The van der Waals surface area contributed by atoms with Crippen LogP contribution < -0.4 is 9.64 Å². The molecule has 0 N–H and O–H groups in total. The molecule has 0 aliphatic carbocycles. The Hall–Kier alpha value is -2.64. The third-order valence-corrected chi connectivity index (χ3v) is 2.69. The second-order valence-corrected chi connectivity index (χ2v) is 3.98. The van der Waals surface area contributed by atoms with E-state index in [0.29, 0.717) is 5.69 Å². The summed E-state index contributed by atoms with van der Waals surface area (Å²) in [5.41, 5.74) is 0.175. The standard InChI is InChI=1S/C12H12N2O6/c1-2-19-12(16)6-13-9-4-3-8(14(17)18)5-10(9)20-7-11(13)15/h3-5H,2,6-7H2,1H3. The van der Waals surface area contributed by atoms with Gasteiger partial charge in [-0.3, -0.25) is 24.6 Å². The molecule has 0 radical (unpaired) electrons. The Bertz CT molecular complexity index is 571. The molecule has 0 fully saturated rings. The number of ether oxygens (including phenoxy) is 2. The molecule has 0 atom stereocenters. The number of carbonyl (C=O) groups is 2. The maximum atomic E-state index is 11.8. The van der Waals surface area contributed by atoms with Gasteiger partial charge in [0, 0.05) is 6.07 Å². The summed E-state index contributed by atoms with van der Waals surface area (Å²) >= 11 is 0. The zero-order chi connectivity index (χ0) is 14.7. The molecule has 8 heteroatoms. The minimum absolute atomic E-state index is 0.144. The summed E-state index contributed by atoms with van der Waals surface area (Å²) in [5, 5.41) is 10.7. The van der Waals surface area contributed by atoms with Crippen LogP contribution in [-0.4, -0.2) is 36.6 Å². The first-order chi connectivity index (χ1) is 9.52. The molecule has 1 aliphatic heterocycles. The van der Waals surface area contributed by atoms with Gasteiger partial charge in [-0.25, -0.2) is 0 Å². The van der Waals surface area contributed by atoms with Crippen LogP contribution in [0, 0.1) is 10.1 Å². The zero-order valence-corrected chi connectivity index (χ0v) is 10.7. The third kappa shape index (κ3) is 2.68. The number of nitro groups is 1. The first-order valence-electron chi connectivity index (χ1n) is 5.90. The topological polar surface area (TPSA) is 99.0 Å². The number of amides is 1. The second kappa shape index (κ2) is 5.55. The number of rotatable bonds is 4. The average molecular weight is 280 g/mol. The Morgan fingerprint density at radius 1 is 1.55 bits per heavy atom. The molecular formula is C12H12N2O6. The fourth-order valence-electron chi connectivity index (χ4n) is 1.82. The molecule has 1 heterocycles. The van der Waals surface area contributed by atoms with Gasteiger partial charge in [0.25, 0.3) is 11.6 Å². The highest BCUT2D eigenvalue weighted by Crippen LogP contribution is 2.35. The van der Waals surface area contributed by atoms with Crippen LogP contribution in [0.15, 0.2) is 18.2 Å². The maximum absolute atomic E-state index is 11.8. The predicted octanol–water partition coefficient (Wildman–Crippen LogP) is 0.883. The highest BCUT2D eigenvalue weighted by Gasteiger charge is 2.29. The molecule has 0 spiro atoms. The van der Waals surface area contributed by atoms with Crippen LogP contribution in [0.4, 0.5) is 11.4 Å². The van der Waals surface area contributed by atoms with E-state index < -0.39 is 16.8 Å². The van der Waals surface area contributed by atoms with E-state index in [1.165, 1.54) is 23.1 Å². The lowest BCUT2D eigenvalue weighted by Gasteiger charge is -2.28. The summed E-state index contributed by atoms with van der Waals surface area (Å²) in [6, 6.07) is 3.85. The number of nitrogens with zero attached hydrogens (tertiary/aromatic N) is 2. The monoisotopic (exact) mass is 280 g/mol. The van der Waals surface area contributed by atoms with Crippen LogP contribution in [0.5, 0.6) is 5.75 Å². The van der Waals surface area contributed by atoms with Crippen LogP contribution in [0.25, 0.3) is 0 Å². The summed E-state index contributed by atoms with van der Waals surface area (Å²) in [7, 11) is 0. The van der Waals surface area contributed by atoms with Crippen LogP contribution in [-0.2, 0) is 14.3 Å². The Balaban J connectivity index is 2.29. The Kier molecular flexibility index (Phi) is 3.83. The van der Waals surface area contributed by atoms with E-state index in [4.69, 9.17) is 9.47 Å². The fourth-order valence-corrected chi connectivity index (χ4v) is 1.82. The van der Waals surface area contributed by atoms with Gasteiger partial charge in [0.15, 0.2) is 12.4 Å². The van der Waals surface area contributed by atoms with Crippen molar-refractivity contribution in [1.82, 2.24) is 0 Å². The maximum Gasteiger partial charge on any atom is 0.326 e. The molecule has 0 saturated heterocycles. The summed E-state index contributed by atoms with van der Waals surface area (Å²) in [4.78, 5) is 34.6. The number of nitro benzene ring substituents is 1. The minimum atomic E-state index is -0.560. The molecule has 0 bridgehead atoms. The van der Waals surface area contributed by atoms with Crippen molar-refractivity contribution in [1.29, 1.82) is 0 Å². The quantitative estimate of drug-likeness (QED) is 0.461. The SMILES string of the molecule is CCOC(=O)CN1C(=O)COc2cc([N+](=O)[O-])ccc21. The lowest BCUT2D eigenvalue weighted by Crippen LogP contribution is -2.42. The van der Waals surface area contributed by atoms with Gasteiger partial charge in [-0.1, -0.05) is 0 Å². The Morgan fingerprint density at radius 3 is 2.95 bits per heavy atom. The van der Waals surface area contributed by atoms with Crippen molar-refractivity contribution in [2.45, 2.75) is 6.92 Å². The van der Waals surface area contributed by atoms with Crippen LogP contribution in [0.2, 0.25) is 0 Å². The van der Waals surface area contributed by atoms with Crippen molar-refractivity contribution in [2.75, 3.05) is 24.7 Å². The fraction of sp³-hybridized carbons (Fsp3) is 0.333. The van der Waals surface area contributed by atoms with Crippen molar-refractivity contribution in [3.05, 3.63) is 28.3 Å². The largest absolute Gasteiger partial charge is 0.481 e. The number of hydrogen-bond acceptors (Lipinski definition) is 6. The number of non-ortho nitro benzene ring substituents is 1. The first kappa shape index (κ1) is 13.8. The van der Waals surface area contributed by atoms with Gasteiger partial charge in [-0.15, -0.1) is 0 Å². The molecule has 8 nitrogen and oxygen atoms in total. The van der Waals surface area contributed by atoms with E-state index in [1.54, 1.807) is 6.92 Å². The Morgan fingerprint density at radius 2 is 2.30 bits per heavy atom. The van der Waals surface area contributed by atoms with E-state index in [-0.39, 0.29) is 31.2 Å². The number of esters is 1. The van der Waals surface area contributed by atoms with Gasteiger partial charge in [0.1, 0.15) is 6.54 Å². The molecular weight excluding hydrogens is 268 g/mol. The number of fused-ring (bicyclic) bond motifs is 1. The van der Waals surface area contributed by atoms with Crippen molar-refractivity contribution >= 4 is 23.3 Å². The average Bonchev–Trinajstić information content (AvgIpc) is 2.41. The number of anilines is 1. The lowest BCUT2D eigenvalue weighted by atomic mass is 10.2. The predicted molar refractivity (Wildman–Crippen MR) is 67.6 cm³/mol. The normalized spacial score (nSPS) is 13.4. The first-order valence-corrected chi connectivity index (χ1v) is 5.90. The summed E-state index contributed by atoms with van der Waals surface area (Å²) in [6.07, 6.45) is 0. The summed E-state index contributed by atoms with van der Waals surface area (Å²) in [6.45, 7) is 1.36. The number of benzene rings is 1. The van der Waals surface area contributed by atoms with Crippen molar-refractivity contribution in [3.63, 3.8) is 0 Å². The van der Waals surface area contributed by atoms with Gasteiger partial charge >= 0.3 is 5.97 Å². The van der Waals surface area contributed by atoms with Crippen LogP contribution in [0.1, 0.15) is 6.92 Å². The van der Waals surface area contributed by atoms with E-state index >= 15 is 0 Å². The van der Waals surface area contributed by atoms with Gasteiger partial charge in [-0.05, 0) is 13.0 Å². The highest BCUT2D eigenvalue weighted by atomic mass is 16.6. The molecule has 1 aromatic carbocycles. The molecule has 0 saturated carbocycles. The number of hydrogen-bond donors (Lipinski definition) is 0. The molecule has 1 aliphatic rings. The number of carbonyl (C=O) groups excluding carboxylic acids is 2. The molecule has 0 unspecified atom stereocenters. The zero-order valence-electron chi connectivity index (χ0n) is 10.7. The van der Waals surface area contributed by atoms with E-state index in [2.05, 4.69) is 0 Å². The molecule has 2 rings (SSSR count). The van der Waals surface area contributed by atoms with Crippen molar-refractivity contribution < 1.29 is 24.0 Å². The molecule has 20 heavy (non-hydrogen) atoms. The van der Waals surface area contributed by atoms with E-state index in [9.17, 15) is 19.7 Å². The summed E-state index contributed by atoms with van der Waals surface area (Å²) in [5.74, 6) is -0.755. The van der Waals surface area contributed by atoms with E-state index in [1.807, 2.05) is 0 Å². The van der Waals surface area contributed by atoms with Gasteiger partial charge < -0.3 is 9.47 Å². The van der Waals surface area contributed by atoms with Gasteiger partial charge in [0.05, 0.1) is 23.3 Å². The summed E-state index contributed by atoms with van der Waals surface area (Å²) < 4.78 is 9.94. The van der Waals surface area contributed by atoms with Gasteiger partial charge in [-0.2, -0.15) is 0 Å². The second-order valence-electron chi connectivity index (χ2n) is 3.98. The lowest BCUT2D eigenvalue weighted by molar-refractivity contribution is -0.384. The van der Waals surface area contributed by atoms with Crippen LogP contribution in [0.3, 0.4) is 0 Å². The molecule has 1 amide bonds.